The van der Waals surface area contributed by atoms with Gasteiger partial charge in [-0.2, -0.15) is 0 Å². The van der Waals surface area contributed by atoms with E-state index >= 15 is 0 Å². The van der Waals surface area contributed by atoms with Crippen LogP contribution in [0.25, 0.3) is 10.2 Å². The van der Waals surface area contributed by atoms with E-state index in [1.54, 1.807) is 11.1 Å². The third-order valence-electron chi connectivity index (χ3n) is 5.26. The van der Waals surface area contributed by atoms with Crippen molar-refractivity contribution in [2.24, 2.45) is 5.92 Å². The fourth-order valence-corrected chi connectivity index (χ4v) is 4.84. The van der Waals surface area contributed by atoms with Gasteiger partial charge in [-0.1, -0.05) is 29.5 Å². The number of carbonyl (C=O) groups is 2. The van der Waals surface area contributed by atoms with Gasteiger partial charge < -0.3 is 4.90 Å². The Hall–Kier alpha value is -2.80. The van der Waals surface area contributed by atoms with Gasteiger partial charge in [0.2, 0.25) is 11.8 Å². The highest BCUT2D eigenvalue weighted by molar-refractivity contribution is 7.22. The average Bonchev–Trinajstić information content (AvgIpc) is 3.30. The molecule has 0 bridgehead atoms. The van der Waals surface area contributed by atoms with Crippen LogP contribution in [0.4, 0.5) is 5.13 Å². The van der Waals surface area contributed by atoms with E-state index in [0.29, 0.717) is 24.8 Å². The number of amides is 2. The molecule has 2 amide bonds. The molecule has 0 saturated carbocycles. The maximum atomic E-state index is 13.0. The summed E-state index contributed by atoms with van der Waals surface area (Å²) in [6, 6.07) is 11.8. The summed E-state index contributed by atoms with van der Waals surface area (Å²) in [4.78, 5) is 38.1. The summed E-state index contributed by atoms with van der Waals surface area (Å²) in [5, 5.41) is 0.685. The summed E-state index contributed by atoms with van der Waals surface area (Å²) < 4.78 is 1.05. The predicted molar refractivity (Wildman–Crippen MR) is 103 cm³/mol. The van der Waals surface area contributed by atoms with Crippen LogP contribution < -0.4 is 4.90 Å². The molecule has 2 aromatic heterocycles. The van der Waals surface area contributed by atoms with Crippen molar-refractivity contribution in [3.8, 4) is 0 Å². The Balaban J connectivity index is 1.33. The summed E-state index contributed by atoms with van der Waals surface area (Å²) in [5.41, 5.74) is 3.06. The van der Waals surface area contributed by atoms with Crippen molar-refractivity contribution < 1.29 is 9.59 Å². The largest absolute Gasteiger partial charge is 0.338 e. The van der Waals surface area contributed by atoms with Crippen molar-refractivity contribution in [2.75, 3.05) is 18.0 Å². The fourth-order valence-electron chi connectivity index (χ4n) is 3.85. The molecule has 4 heterocycles. The Labute approximate surface area is 160 Å². The highest BCUT2D eigenvalue weighted by Crippen LogP contribution is 2.33. The normalized spacial score (nSPS) is 19.6. The lowest BCUT2D eigenvalue weighted by Gasteiger charge is -2.30. The minimum absolute atomic E-state index is 0.0218. The number of aromatic nitrogens is 2. The number of hydrogen-bond donors (Lipinski definition) is 0. The molecule has 7 heteroatoms. The molecule has 0 radical (unpaired) electrons. The van der Waals surface area contributed by atoms with E-state index in [0.717, 1.165) is 27.9 Å². The first kappa shape index (κ1) is 16.4. The maximum Gasteiger partial charge on any atom is 0.229 e. The molecule has 5 rings (SSSR count). The molecule has 6 nitrogen and oxygen atoms in total. The fraction of sp³-hybridized carbons (Fsp3) is 0.300. The van der Waals surface area contributed by atoms with Gasteiger partial charge in [0.15, 0.2) is 5.13 Å². The van der Waals surface area contributed by atoms with E-state index in [2.05, 4.69) is 9.97 Å². The number of pyridine rings is 1. The standard InChI is InChI=1S/C20H18N4O2S/c25-18-10-14(12-24(18)20-22-16-5-1-2-6-17(16)27-20)19(26)23-9-7-15-13(11-23)4-3-8-21-15/h1-6,8,14H,7,9-12H2. The van der Waals surface area contributed by atoms with Crippen molar-refractivity contribution >= 4 is 38.5 Å². The highest BCUT2D eigenvalue weighted by atomic mass is 32.1. The van der Waals surface area contributed by atoms with Crippen LogP contribution in [0.2, 0.25) is 0 Å². The second kappa shape index (κ2) is 6.42. The molecule has 136 valence electrons. The van der Waals surface area contributed by atoms with Gasteiger partial charge in [0.05, 0.1) is 16.1 Å². The number of para-hydroxylation sites is 1. The van der Waals surface area contributed by atoms with Crippen molar-refractivity contribution in [2.45, 2.75) is 19.4 Å². The van der Waals surface area contributed by atoms with E-state index in [9.17, 15) is 9.59 Å². The van der Waals surface area contributed by atoms with Gasteiger partial charge >= 0.3 is 0 Å². The number of nitrogens with zero attached hydrogens (tertiary/aromatic N) is 4. The quantitative estimate of drug-likeness (QED) is 0.688. The van der Waals surface area contributed by atoms with Crippen molar-refractivity contribution in [1.82, 2.24) is 14.9 Å². The third kappa shape index (κ3) is 2.88. The molecule has 1 saturated heterocycles. The van der Waals surface area contributed by atoms with Crippen LogP contribution in [-0.4, -0.2) is 39.8 Å². The van der Waals surface area contributed by atoms with Crippen LogP contribution in [0.5, 0.6) is 0 Å². The molecule has 27 heavy (non-hydrogen) atoms. The predicted octanol–water partition coefficient (Wildman–Crippen LogP) is 2.63. The van der Waals surface area contributed by atoms with Crippen LogP contribution in [0.15, 0.2) is 42.6 Å². The summed E-state index contributed by atoms with van der Waals surface area (Å²) in [5.74, 6) is -0.268. The molecule has 0 N–H and O–H groups in total. The van der Waals surface area contributed by atoms with Crippen molar-refractivity contribution in [3.63, 3.8) is 0 Å². The van der Waals surface area contributed by atoms with E-state index in [-0.39, 0.29) is 24.2 Å². The van der Waals surface area contributed by atoms with Gasteiger partial charge in [-0.15, -0.1) is 0 Å². The van der Waals surface area contributed by atoms with Gasteiger partial charge in [0.1, 0.15) is 0 Å². The Morgan fingerprint density at radius 1 is 1.19 bits per heavy atom. The number of benzene rings is 1. The van der Waals surface area contributed by atoms with E-state index in [1.807, 2.05) is 41.3 Å². The minimum atomic E-state index is -0.303. The number of fused-ring (bicyclic) bond motifs is 2. The topological polar surface area (TPSA) is 66.4 Å². The SMILES string of the molecule is O=C(C1CC(=O)N(c2nc3ccccc3s2)C1)N1CCc2ncccc2C1. The molecule has 1 aromatic carbocycles. The Morgan fingerprint density at radius 2 is 2.07 bits per heavy atom. The zero-order valence-corrected chi connectivity index (χ0v) is 15.5. The first-order valence-electron chi connectivity index (χ1n) is 9.06. The molecule has 1 unspecified atom stereocenters. The van der Waals surface area contributed by atoms with Crippen LogP contribution in [-0.2, 0) is 22.6 Å². The molecule has 2 aliphatic heterocycles. The molecular weight excluding hydrogens is 360 g/mol. The zero-order chi connectivity index (χ0) is 18.4. The third-order valence-corrected chi connectivity index (χ3v) is 6.32. The van der Waals surface area contributed by atoms with Crippen molar-refractivity contribution in [1.29, 1.82) is 0 Å². The van der Waals surface area contributed by atoms with Gasteiger partial charge in [-0.05, 0) is 23.8 Å². The summed E-state index contributed by atoms with van der Waals surface area (Å²) in [6.45, 7) is 1.65. The first-order chi connectivity index (χ1) is 13.2. The minimum Gasteiger partial charge on any atom is -0.338 e. The van der Waals surface area contributed by atoms with Gasteiger partial charge in [-0.25, -0.2) is 4.98 Å². The highest BCUT2D eigenvalue weighted by Gasteiger charge is 2.39. The number of thiazole rings is 1. The maximum absolute atomic E-state index is 13.0. The molecule has 1 fully saturated rings. The lowest BCUT2D eigenvalue weighted by Crippen LogP contribution is -2.40. The first-order valence-corrected chi connectivity index (χ1v) is 9.88. The summed E-state index contributed by atoms with van der Waals surface area (Å²) in [6.07, 6.45) is 2.82. The van der Waals surface area contributed by atoms with Gasteiger partial charge in [-0.3, -0.25) is 19.5 Å². The van der Waals surface area contributed by atoms with Gasteiger partial charge in [0, 0.05) is 44.4 Å². The van der Waals surface area contributed by atoms with E-state index in [4.69, 9.17) is 0 Å². The van der Waals surface area contributed by atoms with Crippen LogP contribution in [0.1, 0.15) is 17.7 Å². The molecule has 3 aromatic rings. The number of hydrogen-bond acceptors (Lipinski definition) is 5. The average molecular weight is 378 g/mol. The molecule has 0 aliphatic carbocycles. The van der Waals surface area contributed by atoms with Crippen LogP contribution >= 0.6 is 11.3 Å². The smallest absolute Gasteiger partial charge is 0.229 e. The van der Waals surface area contributed by atoms with Crippen molar-refractivity contribution in [3.05, 3.63) is 53.9 Å². The molecule has 0 spiro atoms. The van der Waals surface area contributed by atoms with Gasteiger partial charge in [0.25, 0.3) is 0 Å². The van der Waals surface area contributed by atoms with E-state index < -0.39 is 0 Å². The Kier molecular flexibility index (Phi) is 3.89. The van der Waals surface area contributed by atoms with Crippen LogP contribution in [0.3, 0.4) is 0 Å². The molecule has 1 atom stereocenters. The Morgan fingerprint density at radius 3 is 2.96 bits per heavy atom. The number of rotatable bonds is 2. The van der Waals surface area contributed by atoms with Crippen LogP contribution in [0, 0.1) is 5.92 Å². The number of anilines is 1. The summed E-state index contributed by atoms with van der Waals surface area (Å²) >= 11 is 1.50. The zero-order valence-electron chi connectivity index (χ0n) is 14.7. The number of carbonyl (C=O) groups excluding carboxylic acids is 2. The summed E-state index contributed by atoms with van der Waals surface area (Å²) in [7, 11) is 0. The lowest BCUT2D eigenvalue weighted by molar-refractivity contribution is -0.136. The lowest BCUT2D eigenvalue weighted by atomic mass is 10.0. The Bertz CT molecular complexity index is 1010. The monoisotopic (exact) mass is 378 g/mol. The van der Waals surface area contributed by atoms with E-state index in [1.165, 1.54) is 11.3 Å². The molecule has 2 aliphatic rings. The second-order valence-corrected chi connectivity index (χ2v) is 8.00. The second-order valence-electron chi connectivity index (χ2n) is 6.99. The molecular formula is C20H18N4O2S.